The fraction of sp³-hybridized carbons (Fsp3) is 1.00. The van der Waals surface area contributed by atoms with Gasteiger partial charge in [0.15, 0.2) is 0 Å². The van der Waals surface area contributed by atoms with E-state index in [9.17, 15) is 0 Å². The van der Waals surface area contributed by atoms with E-state index in [4.69, 9.17) is 10.5 Å². The topological polar surface area (TPSA) is 35.2 Å². The molecule has 0 radical (unpaired) electrons. The minimum absolute atomic E-state index is 0.220. The maximum absolute atomic E-state index is 5.87. The first-order valence-corrected chi connectivity index (χ1v) is 3.18. The molecule has 0 unspecified atom stereocenters. The van der Waals surface area contributed by atoms with Crippen molar-refractivity contribution in [3.8, 4) is 0 Å². The van der Waals surface area contributed by atoms with Crippen molar-refractivity contribution in [3.05, 3.63) is 0 Å². The molecule has 0 aromatic heterocycles. The molecule has 0 aromatic rings. The van der Waals surface area contributed by atoms with E-state index in [1.807, 2.05) is 0 Å². The van der Waals surface area contributed by atoms with Crippen LogP contribution in [0.1, 0.15) is 12.8 Å². The van der Waals surface area contributed by atoms with Crippen molar-refractivity contribution in [2.24, 2.45) is 11.7 Å². The van der Waals surface area contributed by atoms with Gasteiger partial charge in [0.25, 0.3) is 0 Å². The largest absolute Gasteiger partial charge is 0.381 e. The van der Waals surface area contributed by atoms with Crippen LogP contribution in [-0.2, 0) is 4.74 Å². The number of rotatable bonds is 0. The van der Waals surface area contributed by atoms with Crippen LogP contribution in [0.5, 0.6) is 0 Å². The zero-order chi connectivity index (χ0) is 5.61. The Hall–Kier alpha value is -0.0800. The van der Waals surface area contributed by atoms with Gasteiger partial charge in [-0.3, -0.25) is 0 Å². The van der Waals surface area contributed by atoms with Gasteiger partial charge in [0.05, 0.1) is 6.61 Å². The number of hydrogen-bond donors (Lipinski definition) is 1. The second kappa shape index (κ2) is 1.25. The molecule has 0 aromatic carbocycles. The second-order valence-corrected chi connectivity index (χ2v) is 2.96. The molecule has 2 atom stereocenters. The Bertz CT molecular complexity index is 113. The van der Waals surface area contributed by atoms with Gasteiger partial charge in [-0.15, -0.1) is 0 Å². The highest BCUT2D eigenvalue weighted by atomic mass is 16.5. The Morgan fingerprint density at radius 2 is 2.50 bits per heavy atom. The number of fused-ring (bicyclic) bond motifs is 1. The van der Waals surface area contributed by atoms with Gasteiger partial charge in [-0.2, -0.15) is 0 Å². The summed E-state index contributed by atoms with van der Waals surface area (Å²) < 4.78 is 5.21. The quantitative estimate of drug-likeness (QED) is 0.484. The molecular weight excluding hydrogens is 102 g/mol. The average Bonchev–Trinajstić information content (AvgIpc) is 2.39. The molecule has 1 aliphatic carbocycles. The number of nitrogens with two attached hydrogens (primary N) is 1. The molecule has 0 spiro atoms. The highest BCUT2D eigenvalue weighted by Gasteiger charge is 2.52. The van der Waals surface area contributed by atoms with Crippen LogP contribution >= 0.6 is 0 Å². The summed E-state index contributed by atoms with van der Waals surface area (Å²) in [6.45, 7) is 1.80. The van der Waals surface area contributed by atoms with Gasteiger partial charge in [0.2, 0.25) is 0 Å². The molecule has 2 fully saturated rings. The van der Waals surface area contributed by atoms with Crippen LogP contribution < -0.4 is 5.73 Å². The first-order valence-electron chi connectivity index (χ1n) is 3.18. The van der Waals surface area contributed by atoms with Crippen molar-refractivity contribution >= 4 is 0 Å². The molecule has 46 valence electrons. The van der Waals surface area contributed by atoms with Crippen molar-refractivity contribution in [2.75, 3.05) is 13.2 Å². The molecule has 1 aliphatic heterocycles. The Labute approximate surface area is 49.0 Å². The smallest absolute Gasteiger partial charge is 0.0512 e. The molecular formula is C6H11NO. The molecule has 2 nitrogen and oxygen atoms in total. The lowest BCUT2D eigenvalue weighted by molar-refractivity contribution is 0.0818. The minimum atomic E-state index is 0.220. The second-order valence-electron chi connectivity index (χ2n) is 2.96. The Morgan fingerprint density at radius 3 is 3.00 bits per heavy atom. The molecule has 8 heavy (non-hydrogen) atoms. The summed E-state index contributed by atoms with van der Waals surface area (Å²) in [4.78, 5) is 0. The zero-order valence-corrected chi connectivity index (χ0v) is 4.89. The first kappa shape index (κ1) is 4.77. The van der Waals surface area contributed by atoms with Gasteiger partial charge in [0.1, 0.15) is 0 Å². The summed E-state index contributed by atoms with van der Waals surface area (Å²) in [5.74, 6) is 0.705. The number of ether oxygens (including phenoxy) is 1. The predicted octanol–water partition coefficient (Wildman–Crippen LogP) is 0.124. The number of hydrogen-bond acceptors (Lipinski definition) is 2. The lowest BCUT2D eigenvalue weighted by atomic mass is 10.1. The SMILES string of the molecule is N[C@]12CCOC[C@H]1C2. The summed E-state index contributed by atoms with van der Waals surface area (Å²) in [5, 5.41) is 0. The zero-order valence-electron chi connectivity index (χ0n) is 4.89. The van der Waals surface area contributed by atoms with Gasteiger partial charge in [-0.1, -0.05) is 0 Å². The Morgan fingerprint density at radius 1 is 1.62 bits per heavy atom. The molecule has 2 aliphatic rings. The van der Waals surface area contributed by atoms with Crippen LogP contribution in [0.4, 0.5) is 0 Å². The Balaban J connectivity index is 2.04. The van der Waals surface area contributed by atoms with E-state index in [2.05, 4.69) is 0 Å². The van der Waals surface area contributed by atoms with E-state index in [0.717, 1.165) is 19.6 Å². The van der Waals surface area contributed by atoms with Crippen LogP contribution in [0.25, 0.3) is 0 Å². The van der Waals surface area contributed by atoms with Gasteiger partial charge < -0.3 is 10.5 Å². The van der Waals surface area contributed by atoms with E-state index in [-0.39, 0.29) is 5.54 Å². The predicted molar refractivity (Wildman–Crippen MR) is 30.5 cm³/mol. The van der Waals surface area contributed by atoms with Gasteiger partial charge in [0, 0.05) is 18.1 Å². The first-order chi connectivity index (χ1) is 3.81. The van der Waals surface area contributed by atoms with Crippen LogP contribution in [0, 0.1) is 5.92 Å². The lowest BCUT2D eigenvalue weighted by Gasteiger charge is -2.16. The normalized spacial score (nSPS) is 52.9. The molecule has 0 amide bonds. The van der Waals surface area contributed by atoms with Crippen molar-refractivity contribution in [1.82, 2.24) is 0 Å². The molecule has 1 heterocycles. The molecule has 1 saturated carbocycles. The summed E-state index contributed by atoms with van der Waals surface area (Å²) in [7, 11) is 0. The van der Waals surface area contributed by atoms with Gasteiger partial charge in [-0.05, 0) is 12.8 Å². The van der Waals surface area contributed by atoms with E-state index < -0.39 is 0 Å². The van der Waals surface area contributed by atoms with E-state index >= 15 is 0 Å². The highest BCUT2D eigenvalue weighted by Crippen LogP contribution is 2.46. The third-order valence-corrected chi connectivity index (χ3v) is 2.31. The van der Waals surface area contributed by atoms with Crippen molar-refractivity contribution in [3.63, 3.8) is 0 Å². The fourth-order valence-corrected chi connectivity index (χ4v) is 1.42. The standard InChI is InChI=1S/C6H11NO/c7-6-1-2-8-4-5(6)3-6/h5H,1-4,7H2/t5-,6+/m1/s1. The Kier molecular flexibility index (Phi) is 0.746. The highest BCUT2D eigenvalue weighted by molar-refractivity contribution is 5.09. The van der Waals surface area contributed by atoms with E-state index in [1.54, 1.807) is 0 Å². The van der Waals surface area contributed by atoms with Gasteiger partial charge in [-0.25, -0.2) is 0 Å². The maximum Gasteiger partial charge on any atom is 0.0512 e. The van der Waals surface area contributed by atoms with Crippen LogP contribution in [0.2, 0.25) is 0 Å². The fourth-order valence-electron chi connectivity index (χ4n) is 1.42. The van der Waals surface area contributed by atoms with Crippen molar-refractivity contribution in [2.45, 2.75) is 18.4 Å². The van der Waals surface area contributed by atoms with Crippen LogP contribution in [0.15, 0.2) is 0 Å². The van der Waals surface area contributed by atoms with E-state index in [1.165, 1.54) is 6.42 Å². The summed E-state index contributed by atoms with van der Waals surface area (Å²) >= 11 is 0. The third-order valence-electron chi connectivity index (χ3n) is 2.31. The van der Waals surface area contributed by atoms with Crippen LogP contribution in [-0.4, -0.2) is 18.8 Å². The minimum Gasteiger partial charge on any atom is -0.381 e. The molecule has 1 saturated heterocycles. The van der Waals surface area contributed by atoms with Gasteiger partial charge >= 0.3 is 0 Å². The molecule has 2 N–H and O–H groups in total. The monoisotopic (exact) mass is 113 g/mol. The maximum atomic E-state index is 5.87. The summed E-state index contributed by atoms with van der Waals surface area (Å²) in [6, 6.07) is 0. The lowest BCUT2D eigenvalue weighted by Crippen LogP contribution is -2.31. The van der Waals surface area contributed by atoms with E-state index in [0.29, 0.717) is 5.92 Å². The summed E-state index contributed by atoms with van der Waals surface area (Å²) in [5.41, 5.74) is 6.09. The van der Waals surface area contributed by atoms with Crippen molar-refractivity contribution < 1.29 is 4.74 Å². The molecule has 2 rings (SSSR count). The molecule has 0 bridgehead atoms. The summed E-state index contributed by atoms with van der Waals surface area (Å²) in [6.07, 6.45) is 2.28. The third kappa shape index (κ3) is 0.501. The van der Waals surface area contributed by atoms with Crippen molar-refractivity contribution in [1.29, 1.82) is 0 Å². The van der Waals surface area contributed by atoms with Crippen LogP contribution in [0.3, 0.4) is 0 Å². The molecule has 2 heteroatoms. The average molecular weight is 113 g/mol.